The lowest BCUT2D eigenvalue weighted by Crippen LogP contribution is -2.44. The van der Waals surface area contributed by atoms with E-state index in [1.165, 1.54) is 25.7 Å². The third kappa shape index (κ3) is 2.55. The molecule has 0 aromatic heterocycles. The van der Waals surface area contributed by atoms with Gasteiger partial charge in [-0.1, -0.05) is 6.42 Å². The second-order valence-electron chi connectivity index (χ2n) is 8.08. The molecule has 2 aliphatic heterocycles. The second-order valence-corrected chi connectivity index (χ2v) is 9.84. The lowest BCUT2D eigenvalue weighted by atomic mass is 9.79. The highest BCUT2D eigenvalue weighted by molar-refractivity contribution is 7.90. The highest BCUT2D eigenvalue weighted by Gasteiger charge is 2.54. The summed E-state index contributed by atoms with van der Waals surface area (Å²) in [5, 5.41) is 3.26. The minimum atomic E-state index is -3.36. The summed E-state index contributed by atoms with van der Waals surface area (Å²) in [6, 6.07) is 0.308. The van der Waals surface area contributed by atoms with Crippen LogP contribution in [0, 0.1) is 23.7 Å². The molecule has 0 aromatic rings. The third-order valence-corrected chi connectivity index (χ3v) is 8.00. The van der Waals surface area contributed by atoms with E-state index < -0.39 is 10.0 Å². The first-order valence-electron chi connectivity index (χ1n) is 9.30. The number of hydrogen-bond donors (Lipinski definition) is 1. The number of carbonyl (C=O) groups excluding carboxylic acids is 1. The fourth-order valence-corrected chi connectivity index (χ4v) is 6.79. The normalized spacial score (nSPS) is 40.3. The maximum Gasteiger partial charge on any atom is 0.256 e. The fourth-order valence-electron chi connectivity index (χ4n) is 5.82. The molecule has 0 spiro atoms. The topological polar surface area (TPSA) is 78.8 Å². The molecule has 0 aromatic carbocycles. The first-order valence-corrected chi connectivity index (χ1v) is 10.9. The van der Waals surface area contributed by atoms with E-state index in [0.717, 1.165) is 24.2 Å². The molecule has 1 N–H and O–H groups in total. The van der Waals surface area contributed by atoms with Gasteiger partial charge in [0.2, 0.25) is 0 Å². The zero-order valence-corrected chi connectivity index (χ0v) is 14.9. The van der Waals surface area contributed by atoms with E-state index in [2.05, 4.69) is 9.71 Å². The molecule has 0 radical (unpaired) electrons. The van der Waals surface area contributed by atoms with Crippen LogP contribution in [0.5, 0.6) is 0 Å². The molecular weight excluding hydrogens is 338 g/mol. The number of hydrogen-bond acceptors (Lipinski definition) is 4. The number of carbonyl (C=O) groups is 1. The Balaban J connectivity index is 1.29. The minimum absolute atomic E-state index is 0.00874. The van der Waals surface area contributed by atoms with Crippen molar-refractivity contribution in [2.45, 2.75) is 38.1 Å². The molecule has 5 atom stereocenters. The van der Waals surface area contributed by atoms with Crippen LogP contribution in [-0.4, -0.2) is 43.4 Å². The van der Waals surface area contributed by atoms with Gasteiger partial charge in [-0.05, 0) is 61.5 Å². The Morgan fingerprint density at radius 3 is 2.88 bits per heavy atom. The van der Waals surface area contributed by atoms with Crippen LogP contribution in [0.3, 0.4) is 0 Å². The number of nitrogens with one attached hydrogen (secondary N) is 1. The van der Waals surface area contributed by atoms with Crippen LogP contribution in [0.15, 0.2) is 28.3 Å². The molecule has 0 saturated heterocycles. The largest absolute Gasteiger partial charge is 0.349 e. The molecule has 2 heterocycles. The van der Waals surface area contributed by atoms with Gasteiger partial charge in [-0.3, -0.25) is 4.79 Å². The lowest BCUT2D eigenvalue weighted by Gasteiger charge is -2.32. The Morgan fingerprint density at radius 1 is 1.16 bits per heavy atom. The Labute approximate surface area is 148 Å². The van der Waals surface area contributed by atoms with Gasteiger partial charge in [0.25, 0.3) is 15.9 Å². The maximum absolute atomic E-state index is 12.7. The van der Waals surface area contributed by atoms with Crippen LogP contribution in [0.4, 0.5) is 0 Å². The molecule has 5 aliphatic rings. The molecular formula is C18H23N3O3S. The highest BCUT2D eigenvalue weighted by atomic mass is 32.2. The number of nitrogens with zero attached hydrogens (tertiary/aromatic N) is 2. The average molecular weight is 361 g/mol. The van der Waals surface area contributed by atoms with Crippen molar-refractivity contribution in [3.63, 3.8) is 0 Å². The lowest BCUT2D eigenvalue weighted by molar-refractivity contribution is -0.118. The molecule has 5 rings (SSSR count). The van der Waals surface area contributed by atoms with Crippen LogP contribution in [0.2, 0.25) is 0 Å². The second kappa shape index (κ2) is 5.43. The van der Waals surface area contributed by atoms with Crippen molar-refractivity contribution in [1.29, 1.82) is 0 Å². The Morgan fingerprint density at radius 2 is 2.00 bits per heavy atom. The highest BCUT2D eigenvalue weighted by Crippen LogP contribution is 2.58. The standard InChI is InChI=1S/C18H23N3O3S/c22-18(11-4-5-17-20-25(23,24)7-6-21(17)10-11)19-16-9-12-8-15(16)14-3-1-2-13(12)14/h4-5,10,12-16H,1-3,6-9H2,(H,19,22). The Kier molecular flexibility index (Phi) is 3.39. The van der Waals surface area contributed by atoms with E-state index in [1.807, 2.05) is 0 Å². The number of sulfonamides is 1. The zero-order chi connectivity index (χ0) is 17.2. The molecule has 1 amide bonds. The quantitative estimate of drug-likeness (QED) is 0.807. The van der Waals surface area contributed by atoms with Crippen LogP contribution >= 0.6 is 0 Å². The van der Waals surface area contributed by atoms with Crippen molar-refractivity contribution in [2.24, 2.45) is 28.1 Å². The predicted molar refractivity (Wildman–Crippen MR) is 94.1 cm³/mol. The van der Waals surface area contributed by atoms with E-state index in [1.54, 1.807) is 23.3 Å². The minimum Gasteiger partial charge on any atom is -0.349 e. The smallest absolute Gasteiger partial charge is 0.256 e. The summed E-state index contributed by atoms with van der Waals surface area (Å²) in [5.41, 5.74) is 0.587. The first-order chi connectivity index (χ1) is 12.0. The van der Waals surface area contributed by atoms with Crippen molar-refractivity contribution >= 4 is 21.8 Å². The summed E-state index contributed by atoms with van der Waals surface area (Å²) >= 11 is 0. The van der Waals surface area contributed by atoms with Crippen LogP contribution in [-0.2, 0) is 14.8 Å². The Bertz CT molecular complexity index is 813. The summed E-state index contributed by atoms with van der Waals surface area (Å²) < 4.78 is 26.9. The molecule has 134 valence electrons. The number of amidine groups is 1. The van der Waals surface area contributed by atoms with Crippen molar-refractivity contribution in [3.8, 4) is 0 Å². The van der Waals surface area contributed by atoms with E-state index in [-0.39, 0.29) is 11.7 Å². The zero-order valence-electron chi connectivity index (χ0n) is 14.1. The van der Waals surface area contributed by atoms with Crippen molar-refractivity contribution in [3.05, 3.63) is 23.9 Å². The first kappa shape index (κ1) is 15.6. The summed E-state index contributed by atoms with van der Waals surface area (Å²) in [7, 11) is -3.36. The van der Waals surface area contributed by atoms with Crippen LogP contribution in [0.1, 0.15) is 32.1 Å². The fraction of sp³-hybridized carbons (Fsp3) is 0.667. The molecule has 5 unspecified atom stereocenters. The summed E-state index contributed by atoms with van der Waals surface area (Å²) in [6.45, 7) is 0.347. The maximum atomic E-state index is 12.7. The van der Waals surface area contributed by atoms with Gasteiger partial charge in [-0.15, -0.1) is 4.40 Å². The molecule has 25 heavy (non-hydrogen) atoms. The van der Waals surface area contributed by atoms with Crippen LogP contribution in [0.25, 0.3) is 0 Å². The van der Waals surface area contributed by atoms with Gasteiger partial charge in [-0.2, -0.15) is 0 Å². The molecule has 7 heteroatoms. The van der Waals surface area contributed by atoms with E-state index in [0.29, 0.717) is 29.9 Å². The van der Waals surface area contributed by atoms with E-state index in [4.69, 9.17) is 0 Å². The number of amides is 1. The summed E-state index contributed by atoms with van der Waals surface area (Å²) in [5.74, 6) is 3.56. The molecule has 2 bridgehead atoms. The molecule has 6 nitrogen and oxygen atoms in total. The van der Waals surface area contributed by atoms with Gasteiger partial charge in [-0.25, -0.2) is 8.42 Å². The van der Waals surface area contributed by atoms with E-state index in [9.17, 15) is 13.2 Å². The van der Waals surface area contributed by atoms with Gasteiger partial charge >= 0.3 is 0 Å². The predicted octanol–water partition coefficient (Wildman–Crippen LogP) is 1.42. The van der Waals surface area contributed by atoms with Gasteiger partial charge in [0, 0.05) is 18.8 Å². The third-order valence-electron chi connectivity index (χ3n) is 6.83. The van der Waals surface area contributed by atoms with Crippen molar-refractivity contribution in [1.82, 2.24) is 10.2 Å². The number of rotatable bonds is 2. The molecule has 3 saturated carbocycles. The molecule has 3 aliphatic carbocycles. The molecule has 3 fully saturated rings. The van der Waals surface area contributed by atoms with Crippen molar-refractivity contribution < 1.29 is 13.2 Å². The average Bonchev–Trinajstić information content (AvgIpc) is 3.26. The monoisotopic (exact) mass is 361 g/mol. The van der Waals surface area contributed by atoms with E-state index >= 15 is 0 Å². The number of fused-ring (bicyclic) bond motifs is 6. The van der Waals surface area contributed by atoms with Gasteiger partial charge in [0.05, 0.1) is 11.3 Å². The van der Waals surface area contributed by atoms with Crippen molar-refractivity contribution in [2.75, 3.05) is 12.3 Å². The summed E-state index contributed by atoms with van der Waals surface area (Å²) in [4.78, 5) is 14.5. The summed E-state index contributed by atoms with van der Waals surface area (Å²) in [6.07, 6.45) is 11.5. The van der Waals surface area contributed by atoms with Crippen LogP contribution < -0.4 is 5.32 Å². The Hall–Kier alpha value is -1.63. The van der Waals surface area contributed by atoms with Gasteiger partial charge in [0.1, 0.15) is 5.84 Å². The van der Waals surface area contributed by atoms with Gasteiger partial charge in [0.15, 0.2) is 0 Å². The van der Waals surface area contributed by atoms with Gasteiger partial charge < -0.3 is 10.2 Å². The SMILES string of the molecule is O=C(NC1CC2CC1C1CCCC21)C1=CN2CCS(=O)(=O)N=C2C=C1.